The van der Waals surface area contributed by atoms with Gasteiger partial charge in [-0.2, -0.15) is 0 Å². The molecule has 0 spiro atoms. The van der Waals surface area contributed by atoms with Crippen LogP contribution in [0.2, 0.25) is 0 Å². The van der Waals surface area contributed by atoms with Crippen LogP contribution in [0.5, 0.6) is 0 Å². The number of nitrogens with zero attached hydrogens (tertiary/aromatic N) is 6. The molecule has 0 bridgehead atoms. The molecule has 154 valence electrons. The molecule has 1 fully saturated rings. The van der Waals surface area contributed by atoms with E-state index in [0.29, 0.717) is 11.5 Å². The van der Waals surface area contributed by atoms with Crippen molar-refractivity contribution in [3.05, 3.63) is 47.5 Å². The molecule has 7 heteroatoms. The van der Waals surface area contributed by atoms with Gasteiger partial charge in [-0.15, -0.1) is 5.10 Å². The minimum Gasteiger partial charge on any atom is -0.325 e. The van der Waals surface area contributed by atoms with Crippen LogP contribution in [0.25, 0.3) is 21.9 Å². The Balaban J connectivity index is 1.56. The van der Waals surface area contributed by atoms with Gasteiger partial charge < -0.3 is 4.90 Å². The van der Waals surface area contributed by atoms with E-state index in [9.17, 15) is 4.39 Å². The molecular weight excluding hydrogens is 391 g/mol. The van der Waals surface area contributed by atoms with Crippen LogP contribution in [-0.2, 0) is 13.5 Å². The Morgan fingerprint density at radius 2 is 2.03 bits per heavy atom. The highest BCUT2D eigenvalue weighted by molar-refractivity contribution is 6.08. The van der Waals surface area contributed by atoms with E-state index in [1.165, 1.54) is 6.07 Å². The molecule has 6 nitrogen and oxygen atoms in total. The molecule has 4 heterocycles. The number of hydrogen-bond acceptors (Lipinski definition) is 5. The fourth-order valence-electron chi connectivity index (χ4n) is 4.36. The van der Waals surface area contributed by atoms with E-state index in [2.05, 4.69) is 39.0 Å². The van der Waals surface area contributed by atoms with Crippen molar-refractivity contribution in [2.75, 3.05) is 11.4 Å². The van der Waals surface area contributed by atoms with E-state index in [1.54, 1.807) is 23.0 Å². The predicted molar refractivity (Wildman–Crippen MR) is 118 cm³/mol. The number of halogens is 1. The van der Waals surface area contributed by atoms with E-state index < -0.39 is 0 Å². The fourth-order valence-corrected chi connectivity index (χ4v) is 4.36. The van der Waals surface area contributed by atoms with Crippen molar-refractivity contribution in [1.82, 2.24) is 25.0 Å². The first kappa shape index (κ1) is 18.3. The summed E-state index contributed by atoms with van der Waals surface area (Å²) in [7, 11) is 1.83. The summed E-state index contributed by atoms with van der Waals surface area (Å²) >= 11 is 0. The van der Waals surface area contributed by atoms with Crippen LogP contribution in [0.3, 0.4) is 0 Å². The van der Waals surface area contributed by atoms with Crippen molar-refractivity contribution in [3.8, 4) is 11.8 Å². The van der Waals surface area contributed by atoms with Gasteiger partial charge in [-0.05, 0) is 62.8 Å². The minimum absolute atomic E-state index is 0.144. The van der Waals surface area contributed by atoms with Crippen LogP contribution in [-0.4, -0.2) is 31.5 Å². The second-order valence-electron chi connectivity index (χ2n) is 8.73. The summed E-state index contributed by atoms with van der Waals surface area (Å²) in [5.74, 6) is 7.14. The van der Waals surface area contributed by atoms with Crippen molar-refractivity contribution in [2.24, 2.45) is 12.5 Å². The quantitative estimate of drug-likeness (QED) is 0.437. The molecule has 0 radical (unpaired) electrons. The molecule has 0 atom stereocenters. The lowest BCUT2D eigenvalue weighted by molar-refractivity contribution is 0.629. The fraction of sp³-hybridized carbons (Fsp3) is 0.333. The maximum atomic E-state index is 14.3. The molecule has 1 aliphatic heterocycles. The SMILES string of the molecule is Cn1nnc2nc(N3CCCc4c3ccnc4C#CC3(C)CC3)c3cc(F)ccc3c21. The van der Waals surface area contributed by atoms with Crippen LogP contribution in [0, 0.1) is 23.1 Å². The lowest BCUT2D eigenvalue weighted by Crippen LogP contribution is -2.26. The molecule has 1 saturated carbocycles. The first-order valence-corrected chi connectivity index (χ1v) is 10.6. The Morgan fingerprint density at radius 3 is 2.87 bits per heavy atom. The number of hydrogen-bond donors (Lipinski definition) is 0. The van der Waals surface area contributed by atoms with Crippen LogP contribution >= 0.6 is 0 Å². The summed E-state index contributed by atoms with van der Waals surface area (Å²) in [5.41, 5.74) is 4.51. The molecule has 6 rings (SSSR count). The number of benzene rings is 1. The smallest absolute Gasteiger partial charge is 0.204 e. The van der Waals surface area contributed by atoms with Gasteiger partial charge >= 0.3 is 0 Å². The number of aromatic nitrogens is 5. The van der Waals surface area contributed by atoms with E-state index in [-0.39, 0.29) is 11.2 Å². The van der Waals surface area contributed by atoms with Crippen molar-refractivity contribution in [3.63, 3.8) is 0 Å². The van der Waals surface area contributed by atoms with Crippen LogP contribution in [0.15, 0.2) is 30.5 Å². The molecule has 0 N–H and O–H groups in total. The Hall–Kier alpha value is -3.53. The number of fused-ring (bicyclic) bond motifs is 4. The van der Waals surface area contributed by atoms with Crippen molar-refractivity contribution in [2.45, 2.75) is 32.6 Å². The van der Waals surface area contributed by atoms with Gasteiger partial charge in [-0.25, -0.2) is 19.0 Å². The Kier molecular flexibility index (Phi) is 3.82. The third-order valence-electron chi connectivity index (χ3n) is 6.37. The lowest BCUT2D eigenvalue weighted by Gasteiger charge is -2.31. The van der Waals surface area contributed by atoms with Gasteiger partial charge in [0.05, 0.1) is 0 Å². The molecule has 31 heavy (non-hydrogen) atoms. The molecule has 3 aromatic heterocycles. The van der Waals surface area contributed by atoms with Crippen molar-refractivity contribution < 1.29 is 4.39 Å². The van der Waals surface area contributed by atoms with Gasteiger partial charge in [0.25, 0.3) is 0 Å². The normalized spacial score (nSPS) is 16.8. The van der Waals surface area contributed by atoms with Crippen LogP contribution in [0.4, 0.5) is 15.9 Å². The summed E-state index contributed by atoms with van der Waals surface area (Å²) in [6, 6.07) is 6.81. The third kappa shape index (κ3) is 2.94. The summed E-state index contributed by atoms with van der Waals surface area (Å²) in [6.45, 7) is 2.98. The van der Waals surface area contributed by atoms with Crippen LogP contribution in [0.1, 0.15) is 37.4 Å². The average molecular weight is 412 g/mol. The average Bonchev–Trinajstić information content (AvgIpc) is 3.40. The van der Waals surface area contributed by atoms with Crippen molar-refractivity contribution >= 4 is 33.4 Å². The topological polar surface area (TPSA) is 59.7 Å². The predicted octanol–water partition coefficient (Wildman–Crippen LogP) is 4.29. The lowest BCUT2D eigenvalue weighted by atomic mass is 9.99. The molecule has 4 aromatic rings. The zero-order chi connectivity index (χ0) is 21.2. The second kappa shape index (κ2) is 6.48. The van der Waals surface area contributed by atoms with E-state index >= 15 is 0 Å². The third-order valence-corrected chi connectivity index (χ3v) is 6.37. The highest BCUT2D eigenvalue weighted by Crippen LogP contribution is 2.44. The summed E-state index contributed by atoms with van der Waals surface area (Å²) in [4.78, 5) is 11.5. The first-order valence-electron chi connectivity index (χ1n) is 10.6. The summed E-state index contributed by atoms with van der Waals surface area (Å²) in [5, 5.41) is 10.00. The summed E-state index contributed by atoms with van der Waals surface area (Å²) < 4.78 is 16.0. The van der Waals surface area contributed by atoms with Crippen molar-refractivity contribution in [1.29, 1.82) is 0 Å². The van der Waals surface area contributed by atoms with Gasteiger partial charge in [0.15, 0.2) is 0 Å². The van der Waals surface area contributed by atoms with Gasteiger partial charge in [0, 0.05) is 47.2 Å². The molecule has 0 saturated heterocycles. The minimum atomic E-state index is -0.291. The number of pyridine rings is 2. The van der Waals surface area contributed by atoms with E-state index in [4.69, 9.17) is 4.98 Å². The molecule has 1 aromatic carbocycles. The Labute approximate surface area is 179 Å². The highest BCUT2D eigenvalue weighted by atomic mass is 19.1. The van der Waals surface area contributed by atoms with Gasteiger partial charge in [0.2, 0.25) is 5.65 Å². The maximum Gasteiger partial charge on any atom is 0.204 e. The molecule has 1 aliphatic carbocycles. The highest BCUT2D eigenvalue weighted by Gasteiger charge is 2.35. The largest absolute Gasteiger partial charge is 0.325 e. The molecule has 0 amide bonds. The number of aryl methyl sites for hydroxylation is 1. The monoisotopic (exact) mass is 412 g/mol. The zero-order valence-electron chi connectivity index (χ0n) is 17.5. The first-order chi connectivity index (χ1) is 15.0. The molecular formula is C24H21FN6. The number of rotatable bonds is 1. The maximum absolute atomic E-state index is 14.3. The van der Waals surface area contributed by atoms with Gasteiger partial charge in [-0.1, -0.05) is 11.1 Å². The molecule has 2 aliphatic rings. The Morgan fingerprint density at radius 1 is 1.16 bits per heavy atom. The van der Waals surface area contributed by atoms with Crippen LogP contribution < -0.4 is 4.90 Å². The van der Waals surface area contributed by atoms with E-state index in [0.717, 1.165) is 65.5 Å². The molecule has 0 unspecified atom stereocenters. The van der Waals surface area contributed by atoms with Gasteiger partial charge in [-0.3, -0.25) is 0 Å². The second-order valence-corrected chi connectivity index (χ2v) is 8.73. The zero-order valence-corrected chi connectivity index (χ0v) is 17.5. The Bertz CT molecular complexity index is 1420. The standard InChI is InChI=1S/C24H21FN6/c1-24(10-11-24)9-7-19-17-4-3-13-31(20(17)8-12-26-19)23-18-14-15(25)5-6-16(18)21-22(27-23)28-29-30(21)2/h5-6,8,12,14H,3-4,10-11,13H2,1-2H3. The summed E-state index contributed by atoms with van der Waals surface area (Å²) in [6.07, 6.45) is 5.98. The van der Waals surface area contributed by atoms with Gasteiger partial charge in [0.1, 0.15) is 22.8 Å². The number of anilines is 2. The van der Waals surface area contributed by atoms with E-state index in [1.807, 2.05) is 13.1 Å².